The van der Waals surface area contributed by atoms with Crippen molar-refractivity contribution in [3.63, 3.8) is 0 Å². The van der Waals surface area contributed by atoms with E-state index in [1.807, 2.05) is 23.9 Å². The maximum Gasteiger partial charge on any atom is 0.161 e. The number of fused-ring (bicyclic) bond motifs is 1. The molecule has 92 valence electrons. The molecule has 2 unspecified atom stereocenters. The van der Waals surface area contributed by atoms with Gasteiger partial charge < -0.3 is 15.2 Å². The van der Waals surface area contributed by atoms with Crippen LogP contribution in [0.25, 0.3) is 0 Å². The van der Waals surface area contributed by atoms with Crippen LogP contribution < -0.4 is 15.2 Å². The second-order valence-corrected chi connectivity index (χ2v) is 5.70. The summed E-state index contributed by atoms with van der Waals surface area (Å²) >= 11 is 2.00. The Morgan fingerprint density at radius 1 is 1.24 bits per heavy atom. The number of hydrogen-bond donors (Lipinski definition) is 1. The summed E-state index contributed by atoms with van der Waals surface area (Å²) in [5, 5.41) is 0. The quantitative estimate of drug-likeness (QED) is 0.875. The van der Waals surface area contributed by atoms with E-state index in [4.69, 9.17) is 15.2 Å². The van der Waals surface area contributed by atoms with Crippen LogP contribution in [0.5, 0.6) is 11.5 Å². The van der Waals surface area contributed by atoms with E-state index in [1.54, 1.807) is 0 Å². The van der Waals surface area contributed by atoms with Gasteiger partial charge in [0.2, 0.25) is 0 Å². The number of rotatable bonds is 2. The average molecular weight is 251 g/mol. The van der Waals surface area contributed by atoms with Gasteiger partial charge in [0.05, 0.1) is 0 Å². The first-order chi connectivity index (χ1) is 8.34. The zero-order valence-electron chi connectivity index (χ0n) is 9.72. The van der Waals surface area contributed by atoms with E-state index in [-0.39, 0.29) is 6.04 Å². The zero-order valence-corrected chi connectivity index (χ0v) is 10.5. The summed E-state index contributed by atoms with van der Waals surface area (Å²) in [6, 6.07) is 6.22. The summed E-state index contributed by atoms with van der Waals surface area (Å²) in [6.07, 6.45) is 1.22. The molecule has 2 heterocycles. The van der Waals surface area contributed by atoms with Crippen LogP contribution in [-0.4, -0.2) is 24.7 Å². The highest BCUT2D eigenvalue weighted by Crippen LogP contribution is 2.37. The van der Waals surface area contributed by atoms with E-state index in [9.17, 15) is 0 Å². The van der Waals surface area contributed by atoms with Gasteiger partial charge in [0.25, 0.3) is 0 Å². The van der Waals surface area contributed by atoms with Crippen LogP contribution in [0.3, 0.4) is 0 Å². The van der Waals surface area contributed by atoms with Crippen molar-refractivity contribution in [1.29, 1.82) is 0 Å². The smallest absolute Gasteiger partial charge is 0.161 e. The van der Waals surface area contributed by atoms with Crippen LogP contribution in [0.2, 0.25) is 0 Å². The second kappa shape index (κ2) is 4.78. The lowest BCUT2D eigenvalue weighted by Crippen LogP contribution is -2.22. The predicted molar refractivity (Wildman–Crippen MR) is 69.8 cm³/mol. The molecule has 1 aromatic rings. The third kappa shape index (κ3) is 2.24. The topological polar surface area (TPSA) is 44.5 Å². The van der Waals surface area contributed by atoms with Gasteiger partial charge in [0, 0.05) is 6.04 Å². The van der Waals surface area contributed by atoms with Gasteiger partial charge >= 0.3 is 0 Å². The van der Waals surface area contributed by atoms with E-state index in [0.29, 0.717) is 19.1 Å². The molecule has 0 amide bonds. The van der Waals surface area contributed by atoms with Gasteiger partial charge in [-0.05, 0) is 41.5 Å². The Balaban J connectivity index is 1.82. The monoisotopic (exact) mass is 251 g/mol. The molecule has 17 heavy (non-hydrogen) atoms. The Morgan fingerprint density at radius 2 is 2.06 bits per heavy atom. The van der Waals surface area contributed by atoms with Crippen molar-refractivity contribution in [3.8, 4) is 11.5 Å². The number of hydrogen-bond acceptors (Lipinski definition) is 4. The van der Waals surface area contributed by atoms with Gasteiger partial charge in [0.15, 0.2) is 11.5 Å². The Bertz CT molecular complexity index is 404. The third-order valence-electron chi connectivity index (χ3n) is 3.42. The highest BCUT2D eigenvalue weighted by Gasteiger charge is 2.25. The lowest BCUT2D eigenvalue weighted by Gasteiger charge is -2.22. The van der Waals surface area contributed by atoms with Gasteiger partial charge in [-0.1, -0.05) is 6.07 Å². The van der Waals surface area contributed by atoms with Crippen LogP contribution >= 0.6 is 11.8 Å². The fourth-order valence-corrected chi connectivity index (χ4v) is 3.69. The van der Waals surface area contributed by atoms with Crippen molar-refractivity contribution < 1.29 is 9.47 Å². The molecule has 2 aliphatic heterocycles. The van der Waals surface area contributed by atoms with Crippen molar-refractivity contribution in [2.24, 2.45) is 11.7 Å². The minimum atomic E-state index is 0.126. The van der Waals surface area contributed by atoms with Gasteiger partial charge in [-0.2, -0.15) is 11.8 Å². The van der Waals surface area contributed by atoms with Crippen molar-refractivity contribution >= 4 is 11.8 Å². The maximum absolute atomic E-state index is 6.32. The van der Waals surface area contributed by atoms with Gasteiger partial charge in [-0.25, -0.2) is 0 Å². The summed E-state index contributed by atoms with van der Waals surface area (Å²) in [5.41, 5.74) is 7.49. The van der Waals surface area contributed by atoms with Crippen LogP contribution in [0.15, 0.2) is 18.2 Å². The van der Waals surface area contributed by atoms with E-state index in [0.717, 1.165) is 11.5 Å². The first-order valence-corrected chi connectivity index (χ1v) is 7.23. The van der Waals surface area contributed by atoms with Crippen LogP contribution in [0.1, 0.15) is 18.0 Å². The molecule has 0 aromatic heterocycles. The van der Waals surface area contributed by atoms with Crippen LogP contribution in [-0.2, 0) is 0 Å². The van der Waals surface area contributed by atoms with E-state index in [1.165, 1.54) is 23.5 Å². The minimum absolute atomic E-state index is 0.126. The maximum atomic E-state index is 6.32. The molecule has 4 heteroatoms. The number of thioether (sulfide) groups is 1. The molecule has 1 saturated heterocycles. The van der Waals surface area contributed by atoms with Crippen molar-refractivity contribution in [2.75, 3.05) is 24.7 Å². The molecule has 3 nitrogen and oxygen atoms in total. The number of nitrogens with two attached hydrogens (primary N) is 1. The molecular weight excluding hydrogens is 234 g/mol. The molecule has 0 saturated carbocycles. The normalized spacial score (nSPS) is 24.6. The lowest BCUT2D eigenvalue weighted by molar-refractivity contribution is 0.171. The second-order valence-electron chi connectivity index (χ2n) is 4.55. The summed E-state index contributed by atoms with van der Waals surface area (Å²) in [7, 11) is 0. The Morgan fingerprint density at radius 3 is 2.82 bits per heavy atom. The fourth-order valence-electron chi connectivity index (χ4n) is 2.38. The summed E-state index contributed by atoms with van der Waals surface area (Å²) < 4.78 is 11.1. The molecule has 2 atom stereocenters. The lowest BCUT2D eigenvalue weighted by atomic mass is 9.93. The first kappa shape index (κ1) is 11.2. The summed E-state index contributed by atoms with van der Waals surface area (Å²) in [5.74, 6) is 4.70. The highest BCUT2D eigenvalue weighted by molar-refractivity contribution is 7.99. The van der Waals surface area contributed by atoms with Crippen LogP contribution in [0, 0.1) is 5.92 Å². The fraction of sp³-hybridized carbons (Fsp3) is 0.538. The van der Waals surface area contributed by atoms with E-state index in [2.05, 4.69) is 6.07 Å². The number of benzene rings is 1. The SMILES string of the molecule is NC(c1ccc2c(c1)OCCO2)C1CCSC1. The molecule has 3 rings (SSSR count). The Labute approximate surface area is 106 Å². The summed E-state index contributed by atoms with van der Waals surface area (Å²) in [4.78, 5) is 0. The third-order valence-corrected chi connectivity index (χ3v) is 4.61. The molecule has 2 N–H and O–H groups in total. The van der Waals surface area contributed by atoms with Crippen molar-refractivity contribution in [2.45, 2.75) is 12.5 Å². The zero-order chi connectivity index (χ0) is 11.7. The van der Waals surface area contributed by atoms with Gasteiger partial charge in [-0.15, -0.1) is 0 Å². The van der Waals surface area contributed by atoms with E-state index < -0.39 is 0 Å². The van der Waals surface area contributed by atoms with Crippen molar-refractivity contribution in [3.05, 3.63) is 23.8 Å². The number of ether oxygens (including phenoxy) is 2. The molecule has 0 aliphatic carbocycles. The molecular formula is C13H17NO2S. The molecule has 1 fully saturated rings. The Hall–Kier alpha value is -0.870. The Kier molecular flexibility index (Phi) is 3.16. The molecule has 1 aromatic carbocycles. The van der Waals surface area contributed by atoms with Gasteiger partial charge in [0.1, 0.15) is 13.2 Å². The predicted octanol–water partition coefficient (Wildman–Crippen LogP) is 2.21. The summed E-state index contributed by atoms with van der Waals surface area (Å²) in [6.45, 7) is 1.27. The van der Waals surface area contributed by atoms with Crippen molar-refractivity contribution in [1.82, 2.24) is 0 Å². The van der Waals surface area contributed by atoms with E-state index >= 15 is 0 Å². The molecule has 0 bridgehead atoms. The van der Waals surface area contributed by atoms with Crippen LogP contribution in [0.4, 0.5) is 0 Å². The first-order valence-electron chi connectivity index (χ1n) is 6.07. The van der Waals surface area contributed by atoms with Gasteiger partial charge in [-0.3, -0.25) is 0 Å². The molecule has 2 aliphatic rings. The minimum Gasteiger partial charge on any atom is -0.486 e. The largest absolute Gasteiger partial charge is 0.486 e. The molecule has 0 radical (unpaired) electrons. The molecule has 0 spiro atoms. The average Bonchev–Trinajstić information content (AvgIpc) is 2.91. The standard InChI is InChI=1S/C13H17NO2S/c14-13(10-3-6-17-8-10)9-1-2-11-12(7-9)16-5-4-15-11/h1-2,7,10,13H,3-6,8,14H2. The highest BCUT2D eigenvalue weighted by atomic mass is 32.2.